The van der Waals surface area contributed by atoms with E-state index >= 15 is 0 Å². The Labute approximate surface area is 106 Å². The van der Waals surface area contributed by atoms with Gasteiger partial charge in [-0.25, -0.2) is 0 Å². The van der Waals surface area contributed by atoms with Crippen LogP contribution in [0.3, 0.4) is 0 Å². The molecule has 1 aromatic rings. The van der Waals surface area contributed by atoms with E-state index in [1.807, 2.05) is 13.8 Å². The van der Waals surface area contributed by atoms with Crippen molar-refractivity contribution in [2.24, 2.45) is 5.73 Å². The monoisotopic (exact) mass is 256 g/mol. The molecule has 1 rings (SSSR count). The average Bonchev–Trinajstić information content (AvgIpc) is 2.29. The highest BCUT2D eigenvalue weighted by molar-refractivity contribution is 6.32. The smallest absolute Gasteiger partial charge is 0.239 e. The minimum atomic E-state index is -0.608. The second kappa shape index (κ2) is 5.38. The van der Waals surface area contributed by atoms with Crippen molar-refractivity contribution in [3.8, 4) is 5.75 Å². The summed E-state index contributed by atoms with van der Waals surface area (Å²) >= 11 is 6.18. The lowest BCUT2D eigenvalue weighted by molar-refractivity contribution is -0.120. The van der Waals surface area contributed by atoms with Gasteiger partial charge < -0.3 is 15.8 Å². The van der Waals surface area contributed by atoms with E-state index in [4.69, 9.17) is 22.1 Å². The summed E-state index contributed by atoms with van der Waals surface area (Å²) in [7, 11) is 3.22. The average molecular weight is 257 g/mol. The fraction of sp³-hybridized carbons (Fsp3) is 0.417. The topological polar surface area (TPSA) is 64.3 Å². The lowest BCUT2D eigenvalue weighted by Crippen LogP contribution is -2.32. The fourth-order valence-corrected chi connectivity index (χ4v) is 2.05. The molecular formula is C12H17ClN2O2. The second-order valence-electron chi connectivity index (χ2n) is 3.87. The van der Waals surface area contributed by atoms with Gasteiger partial charge in [-0.05, 0) is 38.1 Å². The predicted octanol–water partition coefficient (Wildman–Crippen LogP) is 1.71. The maximum Gasteiger partial charge on any atom is 0.239 e. The van der Waals surface area contributed by atoms with Crippen molar-refractivity contribution in [2.75, 3.05) is 14.2 Å². The number of methoxy groups -OCH3 is 1. The van der Waals surface area contributed by atoms with Crippen LogP contribution in [-0.4, -0.2) is 20.1 Å². The Balaban J connectivity index is 3.49. The van der Waals surface area contributed by atoms with Crippen molar-refractivity contribution < 1.29 is 9.53 Å². The highest BCUT2D eigenvalue weighted by atomic mass is 35.5. The minimum Gasteiger partial charge on any atom is -0.496 e. The van der Waals surface area contributed by atoms with Gasteiger partial charge in [-0.3, -0.25) is 4.79 Å². The Kier molecular flexibility index (Phi) is 4.37. The molecule has 1 amide bonds. The molecule has 0 heterocycles. The molecule has 0 saturated heterocycles. The lowest BCUT2D eigenvalue weighted by atomic mass is 9.97. The van der Waals surface area contributed by atoms with Gasteiger partial charge in [0.25, 0.3) is 0 Å². The molecule has 94 valence electrons. The van der Waals surface area contributed by atoms with E-state index in [0.717, 1.165) is 11.1 Å². The summed E-state index contributed by atoms with van der Waals surface area (Å²) in [5.41, 5.74) is 7.77. The predicted molar refractivity (Wildman–Crippen MR) is 68.5 cm³/mol. The van der Waals surface area contributed by atoms with Crippen LogP contribution >= 0.6 is 11.6 Å². The van der Waals surface area contributed by atoms with Gasteiger partial charge in [-0.15, -0.1) is 0 Å². The number of hydrogen-bond donors (Lipinski definition) is 2. The summed E-state index contributed by atoms with van der Waals surface area (Å²) < 4.78 is 5.29. The molecule has 4 nitrogen and oxygen atoms in total. The zero-order valence-corrected chi connectivity index (χ0v) is 11.2. The van der Waals surface area contributed by atoms with Crippen molar-refractivity contribution in [3.63, 3.8) is 0 Å². The number of carbonyl (C=O) groups is 1. The summed E-state index contributed by atoms with van der Waals surface area (Å²) in [5.74, 6) is 0.149. The Morgan fingerprint density at radius 1 is 1.53 bits per heavy atom. The molecule has 3 N–H and O–H groups in total. The molecule has 0 radical (unpaired) electrons. The molecule has 1 atom stereocenters. The lowest BCUT2D eigenvalue weighted by Gasteiger charge is -2.20. The Hall–Kier alpha value is -1.26. The summed E-state index contributed by atoms with van der Waals surface area (Å²) in [4.78, 5) is 11.4. The number of primary amides is 1. The number of nitrogens with one attached hydrogen (secondary N) is 1. The molecule has 0 aliphatic rings. The molecule has 0 saturated carbocycles. The van der Waals surface area contributed by atoms with Crippen LogP contribution in [0.15, 0.2) is 6.07 Å². The van der Waals surface area contributed by atoms with Gasteiger partial charge in [0.05, 0.1) is 7.11 Å². The van der Waals surface area contributed by atoms with E-state index in [1.54, 1.807) is 20.2 Å². The third-order valence-corrected chi connectivity index (χ3v) is 3.36. The first-order valence-electron chi connectivity index (χ1n) is 5.24. The molecule has 0 aliphatic carbocycles. The van der Waals surface area contributed by atoms with E-state index in [2.05, 4.69) is 5.32 Å². The normalized spacial score (nSPS) is 12.3. The number of benzene rings is 1. The third-order valence-electron chi connectivity index (χ3n) is 2.77. The summed E-state index contributed by atoms with van der Waals surface area (Å²) in [6, 6.07) is 1.20. The van der Waals surface area contributed by atoms with Crippen LogP contribution in [-0.2, 0) is 4.79 Å². The summed E-state index contributed by atoms with van der Waals surface area (Å²) in [6.07, 6.45) is 0. The molecule has 17 heavy (non-hydrogen) atoms. The highest BCUT2D eigenvalue weighted by Crippen LogP contribution is 2.35. The third kappa shape index (κ3) is 2.53. The van der Waals surface area contributed by atoms with Crippen molar-refractivity contribution >= 4 is 17.5 Å². The standard InChI is InChI=1S/C12H17ClN2O2/c1-6-5-8(17-4)9(7(2)10(6)13)11(15-3)12(14)16/h5,11,15H,1-4H3,(H2,14,16). The molecule has 0 spiro atoms. The SMILES string of the molecule is CNC(C(N)=O)c1c(OC)cc(C)c(Cl)c1C. The van der Waals surface area contributed by atoms with Crippen LogP contribution in [0.5, 0.6) is 5.75 Å². The number of carbonyl (C=O) groups excluding carboxylic acids is 1. The second-order valence-corrected chi connectivity index (χ2v) is 4.25. The molecule has 1 aromatic carbocycles. The van der Waals surface area contributed by atoms with Gasteiger partial charge in [-0.1, -0.05) is 11.6 Å². The Morgan fingerprint density at radius 3 is 2.53 bits per heavy atom. The van der Waals surface area contributed by atoms with Crippen LogP contribution in [0.4, 0.5) is 0 Å². The number of nitrogens with two attached hydrogens (primary N) is 1. The van der Waals surface area contributed by atoms with Gasteiger partial charge in [0.2, 0.25) is 5.91 Å². The van der Waals surface area contributed by atoms with E-state index in [9.17, 15) is 4.79 Å². The number of ether oxygens (including phenoxy) is 1. The molecular weight excluding hydrogens is 240 g/mol. The number of amides is 1. The first-order chi connectivity index (χ1) is 7.93. The number of rotatable bonds is 4. The van der Waals surface area contributed by atoms with Crippen molar-refractivity contribution in [1.82, 2.24) is 5.32 Å². The number of halogens is 1. The maximum atomic E-state index is 11.4. The van der Waals surface area contributed by atoms with Crippen LogP contribution in [0.1, 0.15) is 22.7 Å². The molecule has 0 aromatic heterocycles. The maximum absolute atomic E-state index is 11.4. The van der Waals surface area contributed by atoms with Crippen molar-refractivity contribution in [2.45, 2.75) is 19.9 Å². The quantitative estimate of drug-likeness (QED) is 0.862. The van der Waals surface area contributed by atoms with Crippen LogP contribution in [0.25, 0.3) is 0 Å². The van der Waals surface area contributed by atoms with Crippen molar-refractivity contribution in [3.05, 3.63) is 27.8 Å². The van der Waals surface area contributed by atoms with Gasteiger partial charge in [0.1, 0.15) is 11.8 Å². The number of aryl methyl sites for hydroxylation is 1. The molecule has 0 fully saturated rings. The van der Waals surface area contributed by atoms with Gasteiger partial charge in [0.15, 0.2) is 0 Å². The highest BCUT2D eigenvalue weighted by Gasteiger charge is 2.24. The molecule has 0 aliphatic heterocycles. The fourth-order valence-electron chi connectivity index (χ4n) is 1.89. The Morgan fingerprint density at radius 2 is 2.12 bits per heavy atom. The molecule has 1 unspecified atom stereocenters. The molecule has 0 bridgehead atoms. The van der Waals surface area contributed by atoms with Crippen molar-refractivity contribution in [1.29, 1.82) is 0 Å². The zero-order valence-electron chi connectivity index (χ0n) is 10.4. The number of likely N-dealkylation sites (N-methyl/N-ethyl adjacent to an activating group) is 1. The van der Waals surface area contributed by atoms with E-state index in [1.165, 1.54) is 0 Å². The largest absolute Gasteiger partial charge is 0.496 e. The van der Waals surface area contributed by atoms with E-state index in [-0.39, 0.29) is 0 Å². The van der Waals surface area contributed by atoms with Crippen LogP contribution in [0, 0.1) is 13.8 Å². The first kappa shape index (κ1) is 13.8. The van der Waals surface area contributed by atoms with Crippen LogP contribution < -0.4 is 15.8 Å². The van der Waals surface area contributed by atoms with E-state index in [0.29, 0.717) is 16.3 Å². The summed E-state index contributed by atoms with van der Waals surface area (Å²) in [5, 5.41) is 3.49. The first-order valence-corrected chi connectivity index (χ1v) is 5.62. The summed E-state index contributed by atoms with van der Waals surface area (Å²) in [6.45, 7) is 3.74. The van der Waals surface area contributed by atoms with Gasteiger partial charge in [0, 0.05) is 10.6 Å². The van der Waals surface area contributed by atoms with Gasteiger partial charge >= 0.3 is 0 Å². The molecule has 5 heteroatoms. The minimum absolute atomic E-state index is 0.464. The number of hydrogen-bond acceptors (Lipinski definition) is 3. The van der Waals surface area contributed by atoms with Gasteiger partial charge in [-0.2, -0.15) is 0 Å². The van der Waals surface area contributed by atoms with E-state index < -0.39 is 11.9 Å². The zero-order chi connectivity index (χ0) is 13.2. The Bertz CT molecular complexity index is 447. The van der Waals surface area contributed by atoms with Crippen LogP contribution in [0.2, 0.25) is 5.02 Å².